The predicted octanol–water partition coefficient (Wildman–Crippen LogP) is 5.90. The van der Waals surface area contributed by atoms with E-state index in [0.29, 0.717) is 11.3 Å². The highest BCUT2D eigenvalue weighted by Crippen LogP contribution is 2.18. The maximum atomic E-state index is 13.2. The minimum Gasteiger partial charge on any atom is -0.459 e. The van der Waals surface area contributed by atoms with Gasteiger partial charge in [0, 0.05) is 11.3 Å². The maximum Gasteiger partial charge on any atom is 0.325 e. The van der Waals surface area contributed by atoms with Crippen molar-refractivity contribution in [2.45, 2.75) is 76.3 Å². The van der Waals surface area contributed by atoms with Crippen LogP contribution in [0.5, 0.6) is 0 Å². The van der Waals surface area contributed by atoms with E-state index >= 15 is 0 Å². The van der Waals surface area contributed by atoms with Gasteiger partial charge >= 0.3 is 5.97 Å². The zero-order valence-corrected chi connectivity index (χ0v) is 23.9. The average molecular weight is 551 g/mol. The van der Waals surface area contributed by atoms with Crippen molar-refractivity contribution in [3.05, 3.63) is 95.6 Å². The fourth-order valence-corrected chi connectivity index (χ4v) is 5.16. The zero-order valence-electron chi connectivity index (χ0n) is 23.1. The number of hydrogen-bond donors (Lipinski definition) is 2. The third kappa shape index (κ3) is 9.64. The number of aryl methyl sites for hydroxylation is 1. The van der Waals surface area contributed by atoms with Crippen molar-refractivity contribution in [2.24, 2.45) is 0 Å². The summed E-state index contributed by atoms with van der Waals surface area (Å²) in [7, 11) is -4.06. The van der Waals surface area contributed by atoms with E-state index in [1.807, 2.05) is 42.5 Å². The van der Waals surface area contributed by atoms with Crippen LogP contribution in [0.3, 0.4) is 0 Å². The summed E-state index contributed by atoms with van der Waals surface area (Å²) >= 11 is 0. The highest BCUT2D eigenvalue weighted by molar-refractivity contribution is 7.89. The molecular weight excluding hydrogens is 512 g/mol. The molecule has 0 saturated heterocycles. The van der Waals surface area contributed by atoms with Crippen LogP contribution in [-0.2, 0) is 32.4 Å². The van der Waals surface area contributed by atoms with Crippen LogP contribution in [0.4, 0.5) is 5.69 Å². The lowest BCUT2D eigenvalue weighted by Gasteiger charge is -2.24. The SMILES string of the molecule is CCCCCc1ccc(C(=O)Nc2ccc(S(=O)(=O)N[C@H](Cc3ccccc3)C(=O)OC(C)(C)C)cc2)cc1. The first kappa shape index (κ1) is 30.1. The molecule has 0 saturated carbocycles. The number of hydrogen-bond acceptors (Lipinski definition) is 5. The molecule has 0 spiro atoms. The number of benzene rings is 3. The molecule has 1 amide bonds. The van der Waals surface area contributed by atoms with Crippen molar-refractivity contribution in [1.29, 1.82) is 0 Å². The lowest BCUT2D eigenvalue weighted by Crippen LogP contribution is -2.45. The molecule has 208 valence electrons. The van der Waals surface area contributed by atoms with Crippen molar-refractivity contribution in [3.63, 3.8) is 0 Å². The minimum absolute atomic E-state index is 0.0291. The molecule has 3 aromatic rings. The molecule has 0 bridgehead atoms. The van der Waals surface area contributed by atoms with Crippen LogP contribution in [-0.4, -0.2) is 31.9 Å². The molecule has 8 heteroatoms. The van der Waals surface area contributed by atoms with Crippen LogP contribution in [0.2, 0.25) is 0 Å². The van der Waals surface area contributed by atoms with Gasteiger partial charge in [-0.25, -0.2) is 8.42 Å². The minimum atomic E-state index is -4.06. The van der Waals surface area contributed by atoms with E-state index < -0.39 is 27.6 Å². The van der Waals surface area contributed by atoms with Crippen molar-refractivity contribution >= 4 is 27.6 Å². The van der Waals surface area contributed by atoms with Crippen molar-refractivity contribution in [2.75, 3.05) is 5.32 Å². The Bertz CT molecular complexity index is 1330. The molecule has 0 aliphatic heterocycles. The highest BCUT2D eigenvalue weighted by atomic mass is 32.2. The molecule has 0 aliphatic rings. The molecule has 3 aromatic carbocycles. The summed E-state index contributed by atoms with van der Waals surface area (Å²) in [6.07, 6.45) is 4.59. The predicted molar refractivity (Wildman–Crippen MR) is 154 cm³/mol. The number of carbonyl (C=O) groups excluding carboxylic acids is 2. The quantitative estimate of drug-likeness (QED) is 0.216. The van der Waals surface area contributed by atoms with Gasteiger partial charge in [0.2, 0.25) is 10.0 Å². The molecule has 0 unspecified atom stereocenters. The molecule has 0 aliphatic carbocycles. The van der Waals surface area contributed by atoms with Crippen molar-refractivity contribution in [3.8, 4) is 0 Å². The van der Waals surface area contributed by atoms with Crippen LogP contribution in [0.15, 0.2) is 83.8 Å². The van der Waals surface area contributed by atoms with Crippen LogP contribution < -0.4 is 10.0 Å². The smallest absolute Gasteiger partial charge is 0.325 e. The molecule has 7 nitrogen and oxygen atoms in total. The van der Waals surface area contributed by atoms with Gasteiger partial charge in [-0.2, -0.15) is 4.72 Å². The summed E-state index contributed by atoms with van der Waals surface area (Å²) < 4.78 is 34.3. The Hall–Kier alpha value is -3.49. The summed E-state index contributed by atoms with van der Waals surface area (Å²) in [6, 6.07) is 21.4. The second-order valence-corrected chi connectivity index (χ2v) is 12.2. The van der Waals surface area contributed by atoms with E-state index in [4.69, 9.17) is 4.74 Å². The molecule has 2 N–H and O–H groups in total. The maximum absolute atomic E-state index is 13.2. The number of unbranched alkanes of at least 4 members (excludes halogenated alkanes) is 2. The number of sulfonamides is 1. The van der Waals surface area contributed by atoms with Crippen LogP contribution in [0.1, 0.15) is 68.4 Å². The molecule has 39 heavy (non-hydrogen) atoms. The molecule has 1 atom stereocenters. The summed E-state index contributed by atoms with van der Waals surface area (Å²) in [4.78, 5) is 25.5. The first-order chi connectivity index (χ1) is 18.5. The largest absolute Gasteiger partial charge is 0.459 e. The summed E-state index contributed by atoms with van der Waals surface area (Å²) in [6.45, 7) is 7.36. The Morgan fingerprint density at radius 1 is 0.846 bits per heavy atom. The highest BCUT2D eigenvalue weighted by Gasteiger charge is 2.30. The van der Waals surface area contributed by atoms with E-state index in [0.717, 1.165) is 24.8 Å². The van der Waals surface area contributed by atoms with Gasteiger partial charge in [0.15, 0.2) is 0 Å². The standard InChI is InChI=1S/C31H38N2O5S/c1-5-6-8-11-23-14-16-25(17-15-23)29(34)32-26-18-20-27(21-19-26)39(36,37)33-28(30(35)38-31(2,3)4)22-24-12-9-7-10-13-24/h7,9-10,12-21,28,33H,5-6,8,11,22H2,1-4H3,(H,32,34)/t28-/m1/s1. The lowest BCUT2D eigenvalue weighted by molar-refractivity contribution is -0.156. The molecule has 0 heterocycles. The van der Waals surface area contributed by atoms with Gasteiger partial charge in [0.25, 0.3) is 5.91 Å². The van der Waals surface area contributed by atoms with Gasteiger partial charge in [-0.3, -0.25) is 9.59 Å². The van der Waals surface area contributed by atoms with Gasteiger partial charge in [-0.05, 0) is 87.6 Å². The zero-order chi connectivity index (χ0) is 28.5. The fraction of sp³-hybridized carbons (Fsp3) is 0.355. The van der Waals surface area contributed by atoms with E-state index in [1.165, 1.54) is 36.2 Å². The summed E-state index contributed by atoms with van der Waals surface area (Å²) in [5.74, 6) is -0.938. The molecule has 3 rings (SSSR count). The topological polar surface area (TPSA) is 102 Å². The van der Waals surface area contributed by atoms with E-state index in [1.54, 1.807) is 32.9 Å². The molecule has 0 fully saturated rings. The van der Waals surface area contributed by atoms with Crippen LogP contribution in [0, 0.1) is 0 Å². The Balaban J connectivity index is 1.68. The van der Waals surface area contributed by atoms with Gasteiger partial charge in [-0.15, -0.1) is 0 Å². The Labute approximate surface area is 232 Å². The first-order valence-corrected chi connectivity index (χ1v) is 14.7. The number of amides is 1. The average Bonchev–Trinajstić information content (AvgIpc) is 2.89. The number of ether oxygens (including phenoxy) is 1. The van der Waals surface area contributed by atoms with E-state index in [-0.39, 0.29) is 17.2 Å². The van der Waals surface area contributed by atoms with Crippen molar-refractivity contribution < 1.29 is 22.7 Å². The lowest BCUT2D eigenvalue weighted by atomic mass is 10.1. The third-order valence-electron chi connectivity index (χ3n) is 5.98. The number of esters is 1. The second kappa shape index (κ2) is 13.5. The Morgan fingerprint density at radius 3 is 2.08 bits per heavy atom. The number of nitrogens with one attached hydrogen (secondary N) is 2. The first-order valence-electron chi connectivity index (χ1n) is 13.3. The monoisotopic (exact) mass is 550 g/mol. The van der Waals surface area contributed by atoms with E-state index in [2.05, 4.69) is 17.0 Å². The normalized spacial score (nSPS) is 12.5. The van der Waals surface area contributed by atoms with Gasteiger partial charge < -0.3 is 10.1 Å². The van der Waals surface area contributed by atoms with Gasteiger partial charge in [-0.1, -0.05) is 62.2 Å². The van der Waals surface area contributed by atoms with Gasteiger partial charge in [0.05, 0.1) is 4.90 Å². The second-order valence-electron chi connectivity index (χ2n) is 10.5. The number of carbonyl (C=O) groups is 2. The molecular formula is C31H38N2O5S. The van der Waals surface area contributed by atoms with Crippen LogP contribution in [0.25, 0.3) is 0 Å². The van der Waals surface area contributed by atoms with Gasteiger partial charge in [0.1, 0.15) is 11.6 Å². The number of rotatable bonds is 12. The van der Waals surface area contributed by atoms with Crippen molar-refractivity contribution in [1.82, 2.24) is 4.72 Å². The van der Waals surface area contributed by atoms with E-state index in [9.17, 15) is 18.0 Å². The Kier molecular flexibility index (Phi) is 10.4. The van der Waals surface area contributed by atoms with Crippen LogP contribution >= 0.6 is 0 Å². The third-order valence-corrected chi connectivity index (χ3v) is 7.47. The summed E-state index contributed by atoms with van der Waals surface area (Å²) in [5.41, 5.74) is 2.20. The fourth-order valence-electron chi connectivity index (χ4n) is 3.97. The summed E-state index contributed by atoms with van der Waals surface area (Å²) in [5, 5.41) is 2.80. The molecule has 0 radical (unpaired) electrons. The Morgan fingerprint density at radius 2 is 1.49 bits per heavy atom. The molecule has 0 aromatic heterocycles. The number of anilines is 1.